The molecule has 0 amide bonds. The van der Waals surface area contributed by atoms with E-state index >= 15 is 0 Å². The molecule has 2 aromatic carbocycles. The number of thiocarbonyl (C=S) groups is 1. The van der Waals surface area contributed by atoms with Crippen molar-refractivity contribution < 1.29 is 0 Å². The van der Waals surface area contributed by atoms with Crippen LogP contribution in [0.25, 0.3) is 0 Å². The second-order valence-electron chi connectivity index (χ2n) is 5.58. The average molecular weight is 311 g/mol. The molecule has 0 bridgehead atoms. The fraction of sp³-hybridized carbons (Fsp3) is 0.278. The molecule has 0 atom stereocenters. The van der Waals surface area contributed by atoms with Crippen LogP contribution >= 0.6 is 12.2 Å². The second kappa shape index (κ2) is 7.38. The van der Waals surface area contributed by atoms with Crippen LogP contribution in [0.1, 0.15) is 17.5 Å². The van der Waals surface area contributed by atoms with E-state index in [1.165, 1.54) is 11.1 Å². The Kier molecular flexibility index (Phi) is 5.03. The molecule has 0 aromatic heterocycles. The third-order valence-electron chi connectivity index (χ3n) is 3.87. The summed E-state index contributed by atoms with van der Waals surface area (Å²) >= 11 is 5.31. The van der Waals surface area contributed by atoms with Crippen molar-refractivity contribution >= 4 is 23.0 Å². The first kappa shape index (κ1) is 15.0. The minimum absolute atomic E-state index is 0.691. The minimum atomic E-state index is 0.691. The molecule has 0 aliphatic carbocycles. The molecule has 0 radical (unpaired) electrons. The molecule has 0 fully saturated rings. The van der Waals surface area contributed by atoms with Gasteiger partial charge in [-0.1, -0.05) is 42.5 Å². The normalized spacial score (nSPS) is 13.6. The van der Waals surface area contributed by atoms with E-state index in [1.807, 2.05) is 30.3 Å². The largest absolute Gasteiger partial charge is 0.362 e. The second-order valence-corrected chi connectivity index (χ2v) is 5.99. The maximum absolute atomic E-state index is 5.31. The Hall–Kier alpha value is -1.91. The molecule has 114 valence electrons. The number of hydrogen-bond donors (Lipinski definition) is 2. The van der Waals surface area contributed by atoms with Crippen molar-refractivity contribution in [2.45, 2.75) is 19.5 Å². The van der Waals surface area contributed by atoms with Crippen LogP contribution in [0.4, 0.5) is 5.69 Å². The van der Waals surface area contributed by atoms with Gasteiger partial charge in [0.15, 0.2) is 5.11 Å². The summed E-state index contributed by atoms with van der Waals surface area (Å²) in [6.07, 6.45) is 1.09. The SMILES string of the molecule is S=C(NCCCN1Cc2ccccc2C1)Nc1ccccc1. The maximum Gasteiger partial charge on any atom is 0.170 e. The molecular formula is C18H21N3S. The van der Waals surface area contributed by atoms with Gasteiger partial charge in [0.1, 0.15) is 0 Å². The summed E-state index contributed by atoms with van der Waals surface area (Å²) in [5, 5.41) is 7.15. The van der Waals surface area contributed by atoms with Crippen LogP contribution < -0.4 is 10.6 Å². The van der Waals surface area contributed by atoms with Crippen LogP contribution in [0.5, 0.6) is 0 Å². The van der Waals surface area contributed by atoms with Gasteiger partial charge in [-0.3, -0.25) is 4.90 Å². The zero-order valence-electron chi connectivity index (χ0n) is 12.6. The van der Waals surface area contributed by atoms with Gasteiger partial charge in [-0.2, -0.15) is 0 Å². The van der Waals surface area contributed by atoms with Gasteiger partial charge in [-0.05, 0) is 41.9 Å². The van der Waals surface area contributed by atoms with Gasteiger partial charge in [0.2, 0.25) is 0 Å². The smallest absolute Gasteiger partial charge is 0.170 e. The monoisotopic (exact) mass is 311 g/mol. The van der Waals surface area contributed by atoms with E-state index in [-0.39, 0.29) is 0 Å². The molecule has 0 unspecified atom stereocenters. The highest BCUT2D eigenvalue weighted by Crippen LogP contribution is 2.21. The number of anilines is 1. The molecule has 0 saturated heterocycles. The highest BCUT2D eigenvalue weighted by molar-refractivity contribution is 7.80. The number of nitrogens with one attached hydrogen (secondary N) is 2. The summed E-state index contributed by atoms with van der Waals surface area (Å²) < 4.78 is 0. The molecule has 3 nitrogen and oxygen atoms in total. The number of para-hydroxylation sites is 1. The molecule has 1 aliphatic rings. The topological polar surface area (TPSA) is 27.3 Å². The van der Waals surface area contributed by atoms with E-state index in [1.54, 1.807) is 0 Å². The van der Waals surface area contributed by atoms with Crippen molar-refractivity contribution in [2.24, 2.45) is 0 Å². The highest BCUT2D eigenvalue weighted by atomic mass is 32.1. The van der Waals surface area contributed by atoms with Gasteiger partial charge in [0.25, 0.3) is 0 Å². The lowest BCUT2D eigenvalue weighted by Gasteiger charge is -2.15. The first-order chi connectivity index (χ1) is 10.8. The molecule has 0 spiro atoms. The van der Waals surface area contributed by atoms with Crippen molar-refractivity contribution in [3.05, 3.63) is 65.7 Å². The van der Waals surface area contributed by atoms with Crippen LogP contribution in [0.3, 0.4) is 0 Å². The molecule has 2 aromatic rings. The Morgan fingerprint density at radius 2 is 1.59 bits per heavy atom. The van der Waals surface area contributed by atoms with E-state index in [4.69, 9.17) is 12.2 Å². The summed E-state index contributed by atoms with van der Waals surface area (Å²) in [6, 6.07) is 18.7. The van der Waals surface area contributed by atoms with Gasteiger partial charge in [-0.25, -0.2) is 0 Å². The fourth-order valence-electron chi connectivity index (χ4n) is 2.76. The molecule has 3 rings (SSSR count). The van der Waals surface area contributed by atoms with E-state index < -0.39 is 0 Å². The molecule has 1 aliphatic heterocycles. The quantitative estimate of drug-likeness (QED) is 0.654. The third-order valence-corrected chi connectivity index (χ3v) is 4.12. The molecule has 0 saturated carbocycles. The molecule has 4 heteroatoms. The van der Waals surface area contributed by atoms with Crippen LogP contribution in [0.2, 0.25) is 0 Å². The predicted molar refractivity (Wildman–Crippen MR) is 95.8 cm³/mol. The summed E-state index contributed by atoms with van der Waals surface area (Å²) in [6.45, 7) is 4.13. The van der Waals surface area contributed by atoms with E-state index in [2.05, 4.69) is 39.8 Å². The third kappa shape index (κ3) is 4.06. The van der Waals surface area contributed by atoms with Crippen molar-refractivity contribution in [3.63, 3.8) is 0 Å². The molecular weight excluding hydrogens is 290 g/mol. The van der Waals surface area contributed by atoms with Crippen LogP contribution in [0, 0.1) is 0 Å². The van der Waals surface area contributed by atoms with Crippen molar-refractivity contribution in [3.8, 4) is 0 Å². The van der Waals surface area contributed by atoms with Crippen LogP contribution in [-0.2, 0) is 13.1 Å². The summed E-state index contributed by atoms with van der Waals surface area (Å²) in [4.78, 5) is 2.49. The van der Waals surface area contributed by atoms with Gasteiger partial charge >= 0.3 is 0 Å². The molecule has 1 heterocycles. The Bertz CT molecular complexity index is 602. The van der Waals surface area contributed by atoms with Crippen molar-refractivity contribution in [1.82, 2.24) is 10.2 Å². The van der Waals surface area contributed by atoms with Crippen LogP contribution in [-0.4, -0.2) is 23.1 Å². The Morgan fingerprint density at radius 3 is 2.27 bits per heavy atom. The number of benzene rings is 2. The first-order valence-corrected chi connectivity index (χ1v) is 8.11. The lowest BCUT2D eigenvalue weighted by atomic mass is 10.1. The van der Waals surface area contributed by atoms with Gasteiger partial charge in [0.05, 0.1) is 0 Å². The number of rotatable bonds is 5. The summed E-state index contributed by atoms with van der Waals surface area (Å²) in [7, 11) is 0. The van der Waals surface area contributed by atoms with E-state index in [0.29, 0.717) is 5.11 Å². The summed E-state index contributed by atoms with van der Waals surface area (Å²) in [5.74, 6) is 0. The van der Waals surface area contributed by atoms with Gasteiger partial charge in [-0.15, -0.1) is 0 Å². The van der Waals surface area contributed by atoms with Crippen LogP contribution in [0.15, 0.2) is 54.6 Å². The summed E-state index contributed by atoms with van der Waals surface area (Å²) in [5.41, 5.74) is 3.96. The maximum atomic E-state index is 5.31. The van der Waals surface area contributed by atoms with Gasteiger partial charge in [0, 0.05) is 31.9 Å². The lowest BCUT2D eigenvalue weighted by Crippen LogP contribution is -2.31. The Labute approximate surface area is 137 Å². The van der Waals surface area contributed by atoms with E-state index in [0.717, 1.165) is 38.3 Å². The molecule has 2 N–H and O–H groups in total. The number of hydrogen-bond acceptors (Lipinski definition) is 2. The van der Waals surface area contributed by atoms with Crippen molar-refractivity contribution in [1.29, 1.82) is 0 Å². The van der Waals surface area contributed by atoms with Gasteiger partial charge < -0.3 is 10.6 Å². The zero-order valence-corrected chi connectivity index (χ0v) is 13.4. The average Bonchev–Trinajstić information content (AvgIpc) is 2.95. The number of fused-ring (bicyclic) bond motifs is 1. The zero-order chi connectivity index (χ0) is 15.2. The Morgan fingerprint density at radius 1 is 0.955 bits per heavy atom. The first-order valence-electron chi connectivity index (χ1n) is 7.70. The highest BCUT2D eigenvalue weighted by Gasteiger charge is 2.17. The predicted octanol–water partition coefficient (Wildman–Crippen LogP) is 3.38. The van der Waals surface area contributed by atoms with Crippen molar-refractivity contribution in [2.75, 3.05) is 18.4 Å². The Balaban J connectivity index is 1.34. The number of nitrogens with zero attached hydrogens (tertiary/aromatic N) is 1. The standard InChI is InChI=1S/C18H21N3S/c22-18(20-17-9-2-1-3-10-17)19-11-6-12-21-13-15-7-4-5-8-16(15)14-21/h1-5,7-10H,6,11-14H2,(H2,19,20,22). The minimum Gasteiger partial charge on any atom is -0.362 e. The molecule has 22 heavy (non-hydrogen) atoms. The fourth-order valence-corrected chi connectivity index (χ4v) is 2.98. The van der Waals surface area contributed by atoms with E-state index in [9.17, 15) is 0 Å². The lowest BCUT2D eigenvalue weighted by molar-refractivity contribution is 0.281.